The Bertz CT molecular complexity index is 380. The van der Waals surface area contributed by atoms with Gasteiger partial charge in [0.15, 0.2) is 0 Å². The molecule has 2 atom stereocenters. The Balaban J connectivity index is 2.11. The van der Waals surface area contributed by atoms with E-state index in [2.05, 4.69) is 41.1 Å². The molecule has 0 radical (unpaired) electrons. The molecule has 1 N–H and O–H groups in total. The summed E-state index contributed by atoms with van der Waals surface area (Å²) in [5.41, 5.74) is 0. The summed E-state index contributed by atoms with van der Waals surface area (Å²) in [6.45, 7) is 5.30. The number of nitrogens with one attached hydrogen (secondary N) is 1. The highest BCUT2D eigenvalue weighted by atomic mass is 15.2. The van der Waals surface area contributed by atoms with Crippen molar-refractivity contribution in [2.75, 3.05) is 23.8 Å². The number of hydrogen-bond acceptors (Lipinski definition) is 4. The minimum Gasteiger partial charge on any atom is -0.369 e. The van der Waals surface area contributed by atoms with Crippen LogP contribution >= 0.6 is 0 Å². The van der Waals surface area contributed by atoms with Crippen molar-refractivity contribution in [2.45, 2.75) is 45.6 Å². The molecule has 2 unspecified atom stereocenters. The predicted octanol–water partition coefficient (Wildman–Crippen LogP) is 2.92. The fourth-order valence-corrected chi connectivity index (χ4v) is 2.83. The summed E-state index contributed by atoms with van der Waals surface area (Å²) in [6.07, 6.45) is 8.95. The average Bonchev–Trinajstić information content (AvgIpc) is 2.39. The maximum Gasteiger partial charge on any atom is 0.149 e. The van der Waals surface area contributed by atoms with E-state index in [1.807, 2.05) is 6.20 Å². The first-order chi connectivity index (χ1) is 8.72. The molecule has 0 amide bonds. The van der Waals surface area contributed by atoms with E-state index in [1.54, 1.807) is 6.20 Å². The Labute approximate surface area is 110 Å². The van der Waals surface area contributed by atoms with Crippen molar-refractivity contribution in [1.82, 2.24) is 9.97 Å². The van der Waals surface area contributed by atoms with Crippen LogP contribution in [0.25, 0.3) is 0 Å². The van der Waals surface area contributed by atoms with Crippen LogP contribution in [-0.4, -0.2) is 29.6 Å². The normalized spacial score (nSPS) is 23.7. The average molecular weight is 248 g/mol. The van der Waals surface area contributed by atoms with E-state index in [9.17, 15) is 0 Å². The topological polar surface area (TPSA) is 41.1 Å². The van der Waals surface area contributed by atoms with Gasteiger partial charge in [0.25, 0.3) is 0 Å². The van der Waals surface area contributed by atoms with E-state index >= 15 is 0 Å². The van der Waals surface area contributed by atoms with Gasteiger partial charge in [-0.15, -0.1) is 0 Å². The molecule has 100 valence electrons. The summed E-state index contributed by atoms with van der Waals surface area (Å²) >= 11 is 0. The Morgan fingerprint density at radius 1 is 1.33 bits per heavy atom. The first-order valence-corrected chi connectivity index (χ1v) is 7.01. The molecule has 1 heterocycles. The Morgan fingerprint density at radius 2 is 2.11 bits per heavy atom. The lowest BCUT2D eigenvalue weighted by molar-refractivity contribution is 0.320. The van der Waals surface area contributed by atoms with Gasteiger partial charge in [0.05, 0.1) is 12.4 Å². The van der Waals surface area contributed by atoms with Gasteiger partial charge in [0.1, 0.15) is 11.6 Å². The lowest BCUT2D eigenvalue weighted by atomic mass is 9.85. The Kier molecular flexibility index (Phi) is 4.39. The smallest absolute Gasteiger partial charge is 0.149 e. The Hall–Kier alpha value is -1.32. The van der Waals surface area contributed by atoms with Gasteiger partial charge >= 0.3 is 0 Å². The number of anilines is 2. The van der Waals surface area contributed by atoms with Crippen molar-refractivity contribution < 1.29 is 0 Å². The standard InChI is InChI=1S/C14H24N4/c1-4-16-13-9-15-10-14(17-13)18(3)12-8-6-5-7-11(12)2/h9-12H,4-8H2,1-3H3,(H,16,17). The molecule has 2 rings (SSSR count). The van der Waals surface area contributed by atoms with E-state index in [1.165, 1.54) is 25.7 Å². The zero-order valence-corrected chi connectivity index (χ0v) is 11.7. The molecule has 18 heavy (non-hydrogen) atoms. The zero-order chi connectivity index (χ0) is 13.0. The summed E-state index contributed by atoms with van der Waals surface area (Å²) in [4.78, 5) is 11.2. The second-order valence-electron chi connectivity index (χ2n) is 5.23. The first kappa shape index (κ1) is 13.1. The highest BCUT2D eigenvalue weighted by Gasteiger charge is 2.25. The number of aromatic nitrogens is 2. The molecular formula is C14H24N4. The van der Waals surface area contributed by atoms with Crippen molar-refractivity contribution in [1.29, 1.82) is 0 Å². The molecule has 4 nitrogen and oxygen atoms in total. The second-order valence-corrected chi connectivity index (χ2v) is 5.23. The van der Waals surface area contributed by atoms with Crippen LogP contribution in [0.15, 0.2) is 12.4 Å². The fourth-order valence-electron chi connectivity index (χ4n) is 2.83. The third-order valence-corrected chi connectivity index (χ3v) is 3.90. The predicted molar refractivity (Wildman–Crippen MR) is 76.0 cm³/mol. The van der Waals surface area contributed by atoms with E-state index in [0.29, 0.717) is 6.04 Å². The van der Waals surface area contributed by atoms with Crippen molar-refractivity contribution >= 4 is 11.6 Å². The highest BCUT2D eigenvalue weighted by Crippen LogP contribution is 2.29. The second kappa shape index (κ2) is 6.03. The number of rotatable bonds is 4. The number of nitrogens with zero attached hydrogens (tertiary/aromatic N) is 3. The van der Waals surface area contributed by atoms with Gasteiger partial charge in [-0.3, -0.25) is 4.98 Å². The molecule has 1 fully saturated rings. The van der Waals surface area contributed by atoms with Crippen LogP contribution in [0.3, 0.4) is 0 Å². The molecule has 4 heteroatoms. The maximum atomic E-state index is 4.62. The molecule has 1 aromatic rings. The van der Waals surface area contributed by atoms with Crippen LogP contribution in [0.5, 0.6) is 0 Å². The highest BCUT2D eigenvalue weighted by molar-refractivity contribution is 5.44. The fraction of sp³-hybridized carbons (Fsp3) is 0.714. The van der Waals surface area contributed by atoms with Gasteiger partial charge in [0.2, 0.25) is 0 Å². The molecular weight excluding hydrogens is 224 g/mol. The van der Waals surface area contributed by atoms with Crippen LogP contribution in [0, 0.1) is 5.92 Å². The van der Waals surface area contributed by atoms with Crippen molar-refractivity contribution in [3.8, 4) is 0 Å². The molecule has 1 aliphatic carbocycles. The van der Waals surface area contributed by atoms with E-state index in [4.69, 9.17) is 0 Å². The van der Waals surface area contributed by atoms with Crippen LogP contribution in [0.2, 0.25) is 0 Å². The van der Waals surface area contributed by atoms with Crippen LogP contribution in [0.4, 0.5) is 11.6 Å². The largest absolute Gasteiger partial charge is 0.369 e. The summed E-state index contributed by atoms with van der Waals surface area (Å²) < 4.78 is 0. The van der Waals surface area contributed by atoms with Crippen molar-refractivity contribution in [3.05, 3.63) is 12.4 Å². The minimum absolute atomic E-state index is 0.602. The zero-order valence-electron chi connectivity index (χ0n) is 11.7. The van der Waals surface area contributed by atoms with E-state index in [0.717, 1.165) is 24.1 Å². The van der Waals surface area contributed by atoms with Gasteiger partial charge < -0.3 is 10.2 Å². The van der Waals surface area contributed by atoms with Gasteiger partial charge in [-0.2, -0.15) is 0 Å². The van der Waals surface area contributed by atoms with Gasteiger partial charge in [-0.25, -0.2) is 4.98 Å². The quantitative estimate of drug-likeness (QED) is 0.889. The molecule has 1 saturated carbocycles. The number of hydrogen-bond donors (Lipinski definition) is 1. The van der Waals surface area contributed by atoms with Crippen LogP contribution in [-0.2, 0) is 0 Å². The molecule has 0 bridgehead atoms. The third kappa shape index (κ3) is 2.92. The molecule has 1 aliphatic rings. The van der Waals surface area contributed by atoms with Gasteiger partial charge in [-0.05, 0) is 25.7 Å². The molecule has 0 saturated heterocycles. The van der Waals surface area contributed by atoms with Crippen LogP contribution in [0.1, 0.15) is 39.5 Å². The first-order valence-electron chi connectivity index (χ1n) is 7.01. The lowest BCUT2D eigenvalue weighted by Gasteiger charge is -2.36. The summed E-state index contributed by atoms with van der Waals surface area (Å²) in [5, 5.41) is 3.22. The summed E-state index contributed by atoms with van der Waals surface area (Å²) in [7, 11) is 2.15. The van der Waals surface area contributed by atoms with Gasteiger partial charge in [-0.1, -0.05) is 19.8 Å². The Morgan fingerprint density at radius 3 is 2.83 bits per heavy atom. The molecule has 1 aromatic heterocycles. The summed E-state index contributed by atoms with van der Waals surface area (Å²) in [5.74, 6) is 2.59. The lowest BCUT2D eigenvalue weighted by Crippen LogP contribution is -2.39. The minimum atomic E-state index is 0.602. The van der Waals surface area contributed by atoms with Crippen molar-refractivity contribution in [2.24, 2.45) is 5.92 Å². The molecule has 0 aromatic carbocycles. The van der Waals surface area contributed by atoms with E-state index < -0.39 is 0 Å². The molecule has 0 aliphatic heterocycles. The SMILES string of the molecule is CCNc1cncc(N(C)C2CCCCC2C)n1. The molecule has 0 spiro atoms. The third-order valence-electron chi connectivity index (χ3n) is 3.90. The van der Waals surface area contributed by atoms with Crippen molar-refractivity contribution in [3.63, 3.8) is 0 Å². The monoisotopic (exact) mass is 248 g/mol. The van der Waals surface area contributed by atoms with Crippen LogP contribution < -0.4 is 10.2 Å². The maximum absolute atomic E-state index is 4.62. The summed E-state index contributed by atoms with van der Waals surface area (Å²) in [6, 6.07) is 0.602. The van der Waals surface area contributed by atoms with Gasteiger partial charge in [0, 0.05) is 19.6 Å². The van der Waals surface area contributed by atoms with E-state index in [-0.39, 0.29) is 0 Å².